The van der Waals surface area contributed by atoms with Crippen LogP contribution >= 0.6 is 15.9 Å². The van der Waals surface area contributed by atoms with Gasteiger partial charge in [0.1, 0.15) is 0 Å². The van der Waals surface area contributed by atoms with Gasteiger partial charge in [-0.3, -0.25) is 15.1 Å². The third-order valence-electron chi connectivity index (χ3n) is 3.07. The van der Waals surface area contributed by atoms with Crippen LogP contribution in [0.4, 0.5) is 5.69 Å². The van der Waals surface area contributed by atoms with Crippen LogP contribution in [-0.4, -0.2) is 14.7 Å². The molecule has 0 aliphatic rings. The van der Waals surface area contributed by atoms with Crippen molar-refractivity contribution in [2.75, 3.05) is 0 Å². The Hall–Kier alpha value is -1.49. The van der Waals surface area contributed by atoms with E-state index in [1.54, 1.807) is 12.1 Å². The van der Waals surface area contributed by atoms with Crippen LogP contribution in [0.3, 0.4) is 0 Å². The fourth-order valence-corrected chi connectivity index (χ4v) is 2.15. The van der Waals surface area contributed by atoms with E-state index in [0.717, 1.165) is 23.0 Å². The van der Waals surface area contributed by atoms with Gasteiger partial charge in [0.15, 0.2) is 0 Å². The summed E-state index contributed by atoms with van der Waals surface area (Å²) in [4.78, 5) is 15.3. The Bertz CT molecular complexity index is 613. The van der Waals surface area contributed by atoms with E-state index in [2.05, 4.69) is 34.8 Å². The Kier molecular flexibility index (Phi) is 4.14. The molecule has 4 nitrogen and oxygen atoms in total. The minimum atomic E-state index is -0.388. The summed E-state index contributed by atoms with van der Waals surface area (Å²) < 4.78 is 0. The number of nitro groups is 1. The maximum absolute atomic E-state index is 10.7. The summed E-state index contributed by atoms with van der Waals surface area (Å²) in [5, 5.41) is 11.5. The standard InChI is InChI=1S/C14H15BrN2O2/c1-9(2)13(15)8-11-4-3-10-7-12(17(18)19)5-6-14(10)16-11/h3-7,9,13H,8H2,1-2H3. The molecule has 0 bridgehead atoms. The van der Waals surface area contributed by atoms with Gasteiger partial charge in [-0.25, -0.2) is 0 Å². The van der Waals surface area contributed by atoms with Crippen molar-refractivity contribution in [3.05, 3.63) is 46.1 Å². The molecule has 19 heavy (non-hydrogen) atoms. The summed E-state index contributed by atoms with van der Waals surface area (Å²) >= 11 is 3.64. The van der Waals surface area contributed by atoms with E-state index in [4.69, 9.17) is 0 Å². The van der Waals surface area contributed by atoms with Gasteiger partial charge in [-0.2, -0.15) is 0 Å². The van der Waals surface area contributed by atoms with Gasteiger partial charge in [-0.1, -0.05) is 35.8 Å². The van der Waals surface area contributed by atoms with Gasteiger partial charge in [0.05, 0.1) is 10.4 Å². The van der Waals surface area contributed by atoms with Crippen molar-refractivity contribution in [2.24, 2.45) is 5.92 Å². The highest BCUT2D eigenvalue weighted by Gasteiger charge is 2.12. The van der Waals surface area contributed by atoms with Crippen LogP contribution in [0.1, 0.15) is 19.5 Å². The maximum Gasteiger partial charge on any atom is 0.270 e. The molecule has 2 aromatic rings. The number of nitro benzene ring substituents is 1. The van der Waals surface area contributed by atoms with Crippen molar-refractivity contribution in [1.29, 1.82) is 0 Å². The van der Waals surface area contributed by atoms with Gasteiger partial charge in [0.2, 0.25) is 0 Å². The molecule has 1 aromatic heterocycles. The summed E-state index contributed by atoms with van der Waals surface area (Å²) in [6, 6.07) is 8.58. The molecule has 0 saturated carbocycles. The second kappa shape index (κ2) is 5.65. The highest BCUT2D eigenvalue weighted by molar-refractivity contribution is 9.09. The smallest absolute Gasteiger partial charge is 0.258 e. The number of halogens is 1. The highest BCUT2D eigenvalue weighted by Crippen LogP contribution is 2.22. The molecule has 0 amide bonds. The van der Waals surface area contributed by atoms with Crippen molar-refractivity contribution in [3.63, 3.8) is 0 Å². The van der Waals surface area contributed by atoms with Gasteiger partial charge in [-0.05, 0) is 18.1 Å². The highest BCUT2D eigenvalue weighted by atomic mass is 79.9. The average Bonchev–Trinajstić information content (AvgIpc) is 2.37. The molecular formula is C14H15BrN2O2. The molecule has 100 valence electrons. The number of fused-ring (bicyclic) bond motifs is 1. The van der Waals surface area contributed by atoms with E-state index in [9.17, 15) is 10.1 Å². The maximum atomic E-state index is 10.7. The Morgan fingerprint density at radius 3 is 2.68 bits per heavy atom. The number of nitrogens with zero attached hydrogens (tertiary/aromatic N) is 2. The number of hydrogen-bond donors (Lipinski definition) is 0. The van der Waals surface area contributed by atoms with Crippen molar-refractivity contribution in [3.8, 4) is 0 Å². The normalized spacial score (nSPS) is 12.8. The first kappa shape index (κ1) is 13.9. The molecule has 1 unspecified atom stereocenters. The van der Waals surface area contributed by atoms with E-state index in [-0.39, 0.29) is 10.6 Å². The quantitative estimate of drug-likeness (QED) is 0.483. The summed E-state index contributed by atoms with van der Waals surface area (Å²) in [6.07, 6.45) is 0.852. The zero-order chi connectivity index (χ0) is 14.0. The first-order valence-electron chi connectivity index (χ1n) is 6.15. The number of aromatic nitrogens is 1. The minimum Gasteiger partial charge on any atom is -0.258 e. The molecule has 0 aliphatic heterocycles. The topological polar surface area (TPSA) is 56.0 Å². The third-order valence-corrected chi connectivity index (χ3v) is 4.45. The van der Waals surface area contributed by atoms with Crippen LogP contribution in [0.2, 0.25) is 0 Å². The lowest BCUT2D eigenvalue weighted by atomic mass is 10.1. The van der Waals surface area contributed by atoms with Crippen molar-refractivity contribution in [1.82, 2.24) is 4.98 Å². The molecule has 2 rings (SSSR count). The molecule has 0 spiro atoms. The van der Waals surface area contributed by atoms with Crippen LogP contribution < -0.4 is 0 Å². The molecule has 1 aromatic carbocycles. The zero-order valence-electron chi connectivity index (χ0n) is 10.8. The molecule has 0 saturated heterocycles. The number of rotatable bonds is 4. The fraction of sp³-hybridized carbons (Fsp3) is 0.357. The SMILES string of the molecule is CC(C)C(Br)Cc1ccc2cc([N+](=O)[O-])ccc2n1. The predicted molar refractivity (Wildman–Crippen MR) is 79.7 cm³/mol. The van der Waals surface area contributed by atoms with Gasteiger partial charge in [-0.15, -0.1) is 0 Å². The third kappa shape index (κ3) is 3.29. The number of hydrogen-bond acceptors (Lipinski definition) is 3. The summed E-state index contributed by atoms with van der Waals surface area (Å²) in [6.45, 7) is 4.31. The van der Waals surface area contributed by atoms with E-state index >= 15 is 0 Å². The second-order valence-electron chi connectivity index (χ2n) is 4.90. The molecule has 0 radical (unpaired) electrons. The van der Waals surface area contributed by atoms with Crippen molar-refractivity contribution in [2.45, 2.75) is 25.1 Å². The van der Waals surface area contributed by atoms with Crippen LogP contribution in [0.15, 0.2) is 30.3 Å². The van der Waals surface area contributed by atoms with Crippen LogP contribution in [-0.2, 0) is 6.42 Å². The minimum absolute atomic E-state index is 0.0996. The second-order valence-corrected chi connectivity index (χ2v) is 6.08. The number of benzene rings is 1. The summed E-state index contributed by atoms with van der Waals surface area (Å²) in [5.41, 5.74) is 1.89. The lowest BCUT2D eigenvalue weighted by Gasteiger charge is -2.13. The van der Waals surface area contributed by atoms with Crippen LogP contribution in [0.25, 0.3) is 10.9 Å². The van der Waals surface area contributed by atoms with Gasteiger partial charge in [0.25, 0.3) is 5.69 Å². The monoisotopic (exact) mass is 322 g/mol. The molecule has 0 aliphatic carbocycles. The Morgan fingerprint density at radius 1 is 1.32 bits per heavy atom. The van der Waals surface area contributed by atoms with Gasteiger partial charge < -0.3 is 0 Å². The zero-order valence-corrected chi connectivity index (χ0v) is 12.4. The molecule has 1 heterocycles. The fourth-order valence-electron chi connectivity index (χ4n) is 1.82. The Morgan fingerprint density at radius 2 is 2.05 bits per heavy atom. The van der Waals surface area contributed by atoms with Crippen molar-refractivity contribution < 1.29 is 4.92 Å². The number of non-ortho nitro benzene ring substituents is 1. The Balaban J connectivity index is 2.31. The number of alkyl halides is 1. The molecule has 0 N–H and O–H groups in total. The largest absolute Gasteiger partial charge is 0.270 e. The Labute approximate surface area is 120 Å². The van der Waals surface area contributed by atoms with E-state index in [0.29, 0.717) is 10.7 Å². The molecule has 0 fully saturated rings. The predicted octanol–water partition coefficient (Wildman–Crippen LogP) is 4.11. The van der Waals surface area contributed by atoms with Gasteiger partial charge >= 0.3 is 0 Å². The summed E-state index contributed by atoms with van der Waals surface area (Å²) in [5.74, 6) is 0.536. The first-order chi connectivity index (χ1) is 8.97. The lowest BCUT2D eigenvalue weighted by molar-refractivity contribution is -0.384. The van der Waals surface area contributed by atoms with Crippen LogP contribution in [0, 0.1) is 16.0 Å². The van der Waals surface area contributed by atoms with Gasteiger partial charge in [0, 0.05) is 34.5 Å². The summed E-state index contributed by atoms with van der Waals surface area (Å²) in [7, 11) is 0. The molecule has 5 heteroatoms. The van der Waals surface area contributed by atoms with Crippen molar-refractivity contribution >= 4 is 32.5 Å². The molecular weight excluding hydrogens is 308 g/mol. The number of pyridine rings is 1. The molecule has 1 atom stereocenters. The van der Waals surface area contributed by atoms with E-state index in [1.165, 1.54) is 6.07 Å². The van der Waals surface area contributed by atoms with E-state index < -0.39 is 0 Å². The van der Waals surface area contributed by atoms with Crippen LogP contribution in [0.5, 0.6) is 0 Å². The van der Waals surface area contributed by atoms with E-state index in [1.807, 2.05) is 12.1 Å². The average molecular weight is 323 g/mol. The first-order valence-corrected chi connectivity index (χ1v) is 7.07. The lowest BCUT2D eigenvalue weighted by Crippen LogP contribution is -2.11.